The molecule has 0 aromatic heterocycles. The van der Waals surface area contributed by atoms with Crippen LogP contribution in [0.15, 0.2) is 66.7 Å². The number of hydrogen-bond donors (Lipinski definition) is 1. The molecule has 1 saturated heterocycles. The molecule has 0 saturated carbocycles. The van der Waals surface area contributed by atoms with Gasteiger partial charge >= 0.3 is 0 Å². The van der Waals surface area contributed by atoms with Crippen LogP contribution in [0.5, 0.6) is 0 Å². The van der Waals surface area contributed by atoms with Gasteiger partial charge in [0.25, 0.3) is 0 Å². The van der Waals surface area contributed by atoms with E-state index in [0.717, 1.165) is 81.8 Å². The Bertz CT molecular complexity index is 1140. The van der Waals surface area contributed by atoms with Crippen LogP contribution >= 0.6 is 0 Å². The van der Waals surface area contributed by atoms with Crippen LogP contribution in [-0.2, 0) is 12.8 Å². The Morgan fingerprint density at radius 3 is 2.00 bits per heavy atom. The predicted molar refractivity (Wildman–Crippen MR) is 143 cm³/mol. The molecule has 0 bridgehead atoms. The second kappa shape index (κ2) is 12.1. The number of carbonyl (C=O) groups is 1. The first kappa shape index (κ1) is 25.7. The third-order valence-electron chi connectivity index (χ3n) is 7.69. The van der Waals surface area contributed by atoms with E-state index in [4.69, 9.17) is 0 Å². The first-order valence-corrected chi connectivity index (χ1v) is 13.4. The topological polar surface area (TPSA) is 35.6 Å². The van der Waals surface area contributed by atoms with Crippen LogP contribution in [0.4, 0.5) is 8.78 Å². The molecule has 3 aromatic rings. The number of benzene rings is 3. The number of Topliss-reactive ketones (excluding diaryl/α,β-unsaturated/α-hetero) is 1. The van der Waals surface area contributed by atoms with Crippen LogP contribution in [0.25, 0.3) is 0 Å². The van der Waals surface area contributed by atoms with Crippen molar-refractivity contribution in [1.29, 1.82) is 0 Å². The second-order valence-corrected chi connectivity index (χ2v) is 10.1. The fourth-order valence-corrected chi connectivity index (χ4v) is 5.60. The van der Waals surface area contributed by atoms with Crippen LogP contribution < -0.4 is 5.32 Å². The monoisotopic (exact) mass is 503 g/mol. The van der Waals surface area contributed by atoms with Gasteiger partial charge in [0.05, 0.1) is 6.04 Å². The minimum Gasteiger partial charge on any atom is -0.316 e. The highest BCUT2D eigenvalue weighted by atomic mass is 19.1. The molecule has 2 heterocycles. The van der Waals surface area contributed by atoms with Gasteiger partial charge in [-0.1, -0.05) is 36.4 Å². The lowest BCUT2D eigenvalue weighted by molar-refractivity contribution is 0.0942. The van der Waals surface area contributed by atoms with E-state index in [-0.39, 0.29) is 23.5 Å². The van der Waals surface area contributed by atoms with E-state index in [2.05, 4.69) is 27.2 Å². The summed E-state index contributed by atoms with van der Waals surface area (Å²) in [6.45, 7) is 6.38. The van der Waals surface area contributed by atoms with Gasteiger partial charge in [0, 0.05) is 38.2 Å². The number of carbonyl (C=O) groups excluding carboxylic acids is 1. The van der Waals surface area contributed by atoms with E-state index < -0.39 is 0 Å². The molecule has 5 rings (SSSR count). The molecule has 2 aliphatic heterocycles. The SMILES string of the molecule is O=C(CCCN1CCN(C(c2ccc(F)cc2)c2ccc(F)cc2)CC1)c1ccc2c(c1)CCNCC2. The number of nitrogens with one attached hydrogen (secondary N) is 1. The molecule has 6 heteroatoms. The van der Waals surface area contributed by atoms with Gasteiger partial charge in [-0.05, 0) is 91.5 Å². The zero-order chi connectivity index (χ0) is 25.6. The van der Waals surface area contributed by atoms with Crippen LogP contribution in [0.1, 0.15) is 51.5 Å². The molecule has 4 nitrogen and oxygen atoms in total. The van der Waals surface area contributed by atoms with E-state index in [9.17, 15) is 13.6 Å². The summed E-state index contributed by atoms with van der Waals surface area (Å²) in [4.78, 5) is 17.7. The quantitative estimate of drug-likeness (QED) is 0.438. The number of nitrogens with zero attached hydrogens (tertiary/aromatic N) is 2. The molecule has 0 radical (unpaired) electrons. The maximum Gasteiger partial charge on any atom is 0.162 e. The Balaban J connectivity index is 1.15. The van der Waals surface area contributed by atoms with E-state index in [1.165, 1.54) is 35.4 Å². The van der Waals surface area contributed by atoms with Gasteiger partial charge < -0.3 is 10.2 Å². The van der Waals surface area contributed by atoms with Crippen molar-refractivity contribution in [2.45, 2.75) is 31.7 Å². The summed E-state index contributed by atoms with van der Waals surface area (Å²) < 4.78 is 27.2. The zero-order valence-corrected chi connectivity index (χ0v) is 21.3. The third kappa shape index (κ3) is 6.50. The third-order valence-corrected chi connectivity index (χ3v) is 7.69. The van der Waals surface area contributed by atoms with Crippen LogP contribution in [0.2, 0.25) is 0 Å². The summed E-state index contributed by atoms with van der Waals surface area (Å²) in [5, 5.41) is 3.42. The Morgan fingerprint density at radius 2 is 1.38 bits per heavy atom. The highest BCUT2D eigenvalue weighted by Gasteiger charge is 2.26. The van der Waals surface area contributed by atoms with E-state index in [1.807, 2.05) is 30.3 Å². The summed E-state index contributed by atoms with van der Waals surface area (Å²) in [5.74, 6) is -0.293. The molecular formula is C31H35F2N3O. The van der Waals surface area contributed by atoms with Gasteiger partial charge in [-0.3, -0.25) is 9.69 Å². The van der Waals surface area contributed by atoms with Gasteiger partial charge in [0.1, 0.15) is 11.6 Å². The molecule has 0 aliphatic carbocycles. The molecule has 37 heavy (non-hydrogen) atoms. The normalized spacial score (nSPS) is 16.9. The number of ketones is 1. The molecule has 0 unspecified atom stereocenters. The number of fused-ring (bicyclic) bond motifs is 1. The minimum atomic E-state index is -0.260. The molecular weight excluding hydrogens is 468 g/mol. The molecule has 0 amide bonds. The maximum absolute atomic E-state index is 13.6. The Labute approximate surface area is 218 Å². The van der Waals surface area contributed by atoms with Crippen molar-refractivity contribution >= 4 is 5.78 Å². The number of halogens is 2. The van der Waals surface area contributed by atoms with Crippen LogP contribution in [0, 0.1) is 11.6 Å². The first-order valence-electron chi connectivity index (χ1n) is 13.4. The van der Waals surface area contributed by atoms with Crippen molar-refractivity contribution in [1.82, 2.24) is 15.1 Å². The van der Waals surface area contributed by atoms with Gasteiger partial charge in [-0.2, -0.15) is 0 Å². The minimum absolute atomic E-state index is 0.0478. The molecule has 3 aromatic carbocycles. The zero-order valence-electron chi connectivity index (χ0n) is 21.3. The van der Waals surface area contributed by atoms with Gasteiger partial charge in [-0.15, -0.1) is 0 Å². The average Bonchev–Trinajstić information content (AvgIpc) is 3.17. The molecule has 1 N–H and O–H groups in total. The lowest BCUT2D eigenvalue weighted by Crippen LogP contribution is -2.48. The molecule has 2 aliphatic rings. The highest BCUT2D eigenvalue weighted by Crippen LogP contribution is 2.30. The smallest absolute Gasteiger partial charge is 0.162 e. The van der Waals surface area contributed by atoms with Crippen LogP contribution in [0.3, 0.4) is 0 Å². The van der Waals surface area contributed by atoms with Crippen LogP contribution in [-0.4, -0.2) is 61.4 Å². The van der Waals surface area contributed by atoms with Crippen molar-refractivity contribution in [3.63, 3.8) is 0 Å². The van der Waals surface area contributed by atoms with Gasteiger partial charge in [-0.25, -0.2) is 8.78 Å². The molecule has 0 spiro atoms. The molecule has 0 atom stereocenters. The van der Waals surface area contributed by atoms with Crippen molar-refractivity contribution in [2.75, 3.05) is 45.8 Å². The summed E-state index contributed by atoms with van der Waals surface area (Å²) in [6.07, 6.45) is 3.42. The number of rotatable bonds is 8. The standard InChI is InChI=1S/C31H35F2N3O/c32-28-9-5-24(6-10-28)31(25-7-11-29(33)12-8-25)36-20-18-35(19-21-36)17-1-2-30(37)27-4-3-23-13-15-34-16-14-26(23)22-27/h3-12,22,31,34H,1-2,13-21H2. The Morgan fingerprint density at radius 1 is 0.784 bits per heavy atom. The lowest BCUT2D eigenvalue weighted by atomic mass is 9.96. The number of hydrogen-bond acceptors (Lipinski definition) is 4. The van der Waals surface area contributed by atoms with Crippen molar-refractivity contribution in [2.24, 2.45) is 0 Å². The molecule has 1 fully saturated rings. The maximum atomic E-state index is 13.6. The first-order chi connectivity index (χ1) is 18.1. The summed E-state index contributed by atoms with van der Waals surface area (Å²) in [7, 11) is 0. The Kier molecular flexibility index (Phi) is 8.39. The van der Waals surface area contributed by atoms with Crippen molar-refractivity contribution in [3.05, 3.63) is 106 Å². The summed E-state index contributed by atoms with van der Waals surface area (Å²) in [5.41, 5.74) is 5.52. The van der Waals surface area contributed by atoms with Gasteiger partial charge in [0.2, 0.25) is 0 Å². The average molecular weight is 504 g/mol. The molecule has 194 valence electrons. The van der Waals surface area contributed by atoms with E-state index >= 15 is 0 Å². The largest absolute Gasteiger partial charge is 0.316 e. The van der Waals surface area contributed by atoms with Gasteiger partial charge in [0.15, 0.2) is 5.78 Å². The number of piperazine rings is 1. The second-order valence-electron chi connectivity index (χ2n) is 10.1. The summed E-state index contributed by atoms with van der Waals surface area (Å²) in [6, 6.07) is 19.4. The predicted octanol–water partition coefficient (Wildman–Crippen LogP) is 5.02. The Hall–Kier alpha value is -2.93. The lowest BCUT2D eigenvalue weighted by Gasteiger charge is -2.39. The fraction of sp³-hybridized carbons (Fsp3) is 0.387. The summed E-state index contributed by atoms with van der Waals surface area (Å²) >= 11 is 0. The van der Waals surface area contributed by atoms with Crippen molar-refractivity contribution in [3.8, 4) is 0 Å². The highest BCUT2D eigenvalue weighted by molar-refractivity contribution is 5.96. The van der Waals surface area contributed by atoms with Crippen molar-refractivity contribution < 1.29 is 13.6 Å². The fourth-order valence-electron chi connectivity index (χ4n) is 5.60. The van der Waals surface area contributed by atoms with E-state index in [0.29, 0.717) is 6.42 Å². The van der Waals surface area contributed by atoms with E-state index in [1.54, 1.807) is 0 Å².